The Morgan fingerprint density at radius 2 is 1.42 bits per heavy atom. The summed E-state index contributed by atoms with van der Waals surface area (Å²) in [6.07, 6.45) is 9.57. The lowest BCUT2D eigenvalue weighted by Crippen LogP contribution is -2.28. The average Bonchev–Trinajstić information content (AvgIpc) is 2.55. The van der Waals surface area contributed by atoms with Gasteiger partial charge in [-0.25, -0.2) is 0 Å². The first-order chi connectivity index (χ1) is 10.7. The number of nitrogens with zero attached hydrogens (tertiary/aromatic N) is 3. The molecule has 140 valence electrons. The van der Waals surface area contributed by atoms with Crippen LogP contribution in [0.15, 0.2) is 12.7 Å². The largest absolute Gasteiger partial charge is 0.330 e. The van der Waals surface area contributed by atoms with Crippen molar-refractivity contribution in [2.45, 2.75) is 33.1 Å². The molecular weight excluding hydrogens is 324 g/mol. The molecule has 7 heteroatoms. The summed E-state index contributed by atoms with van der Waals surface area (Å²) in [5.74, 6) is 2.60. The molecule has 0 bridgehead atoms. The van der Waals surface area contributed by atoms with Crippen LogP contribution < -0.4 is 17.2 Å². The topological polar surface area (TPSA) is 129 Å². The van der Waals surface area contributed by atoms with Gasteiger partial charge in [-0.2, -0.15) is 10.5 Å². The van der Waals surface area contributed by atoms with E-state index in [-0.39, 0.29) is 19.8 Å². The molecule has 24 heavy (non-hydrogen) atoms. The molecule has 6 nitrogen and oxygen atoms in total. The monoisotopic (exact) mass is 358 g/mol. The maximum absolute atomic E-state index is 8.42. The van der Waals surface area contributed by atoms with Gasteiger partial charge in [-0.05, 0) is 39.0 Å². The fourth-order valence-electron chi connectivity index (χ4n) is 1.20. The van der Waals surface area contributed by atoms with E-state index in [9.17, 15) is 0 Å². The molecule has 0 heterocycles. The smallest absolute Gasteiger partial charge is 0.0905 e. The van der Waals surface area contributed by atoms with E-state index in [2.05, 4.69) is 23.5 Å². The molecule has 0 saturated carbocycles. The zero-order valence-corrected chi connectivity index (χ0v) is 14.7. The van der Waals surface area contributed by atoms with Gasteiger partial charge in [-0.15, -0.1) is 24.8 Å². The van der Waals surface area contributed by atoms with Crippen molar-refractivity contribution in [3.05, 3.63) is 12.7 Å². The Bertz CT molecular complexity index is 320. The quantitative estimate of drug-likeness (QED) is 0.424. The molecule has 0 spiro atoms. The van der Waals surface area contributed by atoms with Gasteiger partial charge in [0, 0.05) is 32.0 Å². The van der Waals surface area contributed by atoms with Crippen LogP contribution >= 0.6 is 12.4 Å². The minimum Gasteiger partial charge on any atom is -0.330 e. The highest BCUT2D eigenvalue weighted by Crippen LogP contribution is 1.95. The molecule has 6 N–H and O–H groups in total. The molecule has 0 aliphatic rings. The third-order valence-electron chi connectivity index (χ3n) is 2.29. The minimum atomic E-state index is 0. The van der Waals surface area contributed by atoms with Gasteiger partial charge in [-0.3, -0.25) is 0 Å². The molecule has 0 atom stereocenters. The lowest BCUT2D eigenvalue weighted by atomic mass is 10.3. The SMILES string of the molecule is C.C#CCCN(CCC#N)CCCN.C=CC#N.Cl.NCCCN. The highest BCUT2D eigenvalue weighted by Gasteiger charge is 2.01. The Morgan fingerprint density at radius 3 is 1.71 bits per heavy atom. The van der Waals surface area contributed by atoms with Crippen molar-refractivity contribution in [2.75, 3.05) is 39.3 Å². The van der Waals surface area contributed by atoms with E-state index < -0.39 is 0 Å². The fourth-order valence-corrected chi connectivity index (χ4v) is 1.20. The van der Waals surface area contributed by atoms with Crippen molar-refractivity contribution in [1.82, 2.24) is 4.90 Å². The van der Waals surface area contributed by atoms with E-state index in [1.54, 1.807) is 6.07 Å². The predicted octanol–water partition coefficient (Wildman–Crippen LogP) is 1.62. The Labute approximate surface area is 155 Å². The zero-order chi connectivity index (χ0) is 17.5. The molecule has 0 unspecified atom stereocenters. The summed E-state index contributed by atoms with van der Waals surface area (Å²) in [5.41, 5.74) is 15.5. The summed E-state index contributed by atoms with van der Waals surface area (Å²) in [5, 5.41) is 15.9. The zero-order valence-electron chi connectivity index (χ0n) is 13.9. The van der Waals surface area contributed by atoms with Gasteiger partial charge < -0.3 is 22.1 Å². The second-order valence-electron chi connectivity index (χ2n) is 4.11. The summed E-state index contributed by atoms with van der Waals surface area (Å²) in [7, 11) is 0. The summed E-state index contributed by atoms with van der Waals surface area (Å²) in [4.78, 5) is 2.19. The van der Waals surface area contributed by atoms with Gasteiger partial charge >= 0.3 is 0 Å². The molecule has 0 aromatic heterocycles. The number of hydrogen-bond donors (Lipinski definition) is 3. The number of halogens is 1. The predicted molar refractivity (Wildman–Crippen MR) is 106 cm³/mol. The normalized spacial score (nSPS) is 7.54. The van der Waals surface area contributed by atoms with E-state index in [1.807, 2.05) is 0 Å². The number of terminal acetylenes is 1. The highest BCUT2D eigenvalue weighted by molar-refractivity contribution is 5.85. The fraction of sp³-hybridized carbons (Fsp3) is 0.647. The van der Waals surface area contributed by atoms with E-state index >= 15 is 0 Å². The van der Waals surface area contributed by atoms with Crippen LogP contribution in [0.1, 0.15) is 33.1 Å². The standard InChI is InChI=1S/C10H17N3.C3H10N2.C3H3N.CH4.ClH/c1-2-3-8-13(9-4-6-11)10-5-7-12;4-2-1-3-5;1-2-3-4;;/h1H,3-6,8-11H2;1-5H2;2H,1H2;1H4;1H. The number of nitriles is 2. The lowest BCUT2D eigenvalue weighted by Gasteiger charge is -2.19. The molecule has 0 fully saturated rings. The molecule has 0 saturated heterocycles. The molecule has 0 aromatic rings. The number of rotatable bonds is 9. The van der Waals surface area contributed by atoms with Gasteiger partial charge in [0.15, 0.2) is 0 Å². The maximum Gasteiger partial charge on any atom is 0.0905 e. The molecule has 0 aliphatic heterocycles. The van der Waals surface area contributed by atoms with Crippen molar-refractivity contribution in [3.8, 4) is 24.5 Å². The lowest BCUT2D eigenvalue weighted by molar-refractivity contribution is 0.284. The van der Waals surface area contributed by atoms with Crippen LogP contribution in [-0.4, -0.2) is 44.2 Å². The van der Waals surface area contributed by atoms with Crippen molar-refractivity contribution >= 4 is 12.4 Å². The number of nitrogens with two attached hydrogens (primary N) is 3. The molecule has 0 aromatic carbocycles. The first-order valence-corrected chi connectivity index (χ1v) is 7.31. The maximum atomic E-state index is 8.42. The van der Waals surface area contributed by atoms with Crippen LogP contribution in [0, 0.1) is 35.0 Å². The third kappa shape index (κ3) is 42.8. The number of hydrogen-bond acceptors (Lipinski definition) is 6. The second kappa shape index (κ2) is 37.6. The van der Waals surface area contributed by atoms with Crippen LogP contribution in [-0.2, 0) is 0 Å². The molecule has 0 radical (unpaired) electrons. The van der Waals surface area contributed by atoms with Crippen molar-refractivity contribution < 1.29 is 0 Å². The van der Waals surface area contributed by atoms with Crippen molar-refractivity contribution in [1.29, 1.82) is 10.5 Å². The third-order valence-corrected chi connectivity index (χ3v) is 2.29. The summed E-state index contributed by atoms with van der Waals surface area (Å²) < 4.78 is 0. The second-order valence-corrected chi connectivity index (χ2v) is 4.11. The van der Waals surface area contributed by atoms with E-state index in [1.165, 1.54) is 6.08 Å². The highest BCUT2D eigenvalue weighted by atomic mass is 35.5. The van der Waals surface area contributed by atoms with Crippen LogP contribution in [0.2, 0.25) is 0 Å². The van der Waals surface area contributed by atoms with Crippen LogP contribution in [0.25, 0.3) is 0 Å². The van der Waals surface area contributed by atoms with E-state index in [4.69, 9.17) is 34.1 Å². The molecular formula is C17H35ClN6. The van der Waals surface area contributed by atoms with Gasteiger partial charge in [-0.1, -0.05) is 14.0 Å². The summed E-state index contributed by atoms with van der Waals surface area (Å²) >= 11 is 0. The van der Waals surface area contributed by atoms with E-state index in [0.29, 0.717) is 13.0 Å². The van der Waals surface area contributed by atoms with Gasteiger partial charge in [0.25, 0.3) is 0 Å². The van der Waals surface area contributed by atoms with Gasteiger partial charge in [0.2, 0.25) is 0 Å². The van der Waals surface area contributed by atoms with Gasteiger partial charge in [0.05, 0.1) is 12.1 Å². The van der Waals surface area contributed by atoms with Crippen molar-refractivity contribution in [3.63, 3.8) is 0 Å². The van der Waals surface area contributed by atoms with Crippen LogP contribution in [0.4, 0.5) is 0 Å². The molecule has 0 amide bonds. The van der Waals surface area contributed by atoms with Crippen LogP contribution in [0.5, 0.6) is 0 Å². The first kappa shape index (κ1) is 33.9. The van der Waals surface area contributed by atoms with E-state index in [0.717, 1.165) is 52.0 Å². The Morgan fingerprint density at radius 1 is 0.958 bits per heavy atom. The minimum absolute atomic E-state index is 0. The van der Waals surface area contributed by atoms with Crippen LogP contribution in [0.3, 0.4) is 0 Å². The Kier molecular flexibility index (Phi) is 53.0. The number of allylic oxidation sites excluding steroid dienone is 1. The Hall–Kier alpha value is -1.59. The van der Waals surface area contributed by atoms with Crippen molar-refractivity contribution in [2.24, 2.45) is 17.2 Å². The van der Waals surface area contributed by atoms with Gasteiger partial charge in [0.1, 0.15) is 0 Å². The Balaban J connectivity index is -0.0000000919. The molecule has 0 rings (SSSR count). The first-order valence-electron chi connectivity index (χ1n) is 7.31. The average molecular weight is 359 g/mol. The summed E-state index contributed by atoms with van der Waals surface area (Å²) in [6, 6.07) is 3.82. The summed E-state index contributed by atoms with van der Waals surface area (Å²) in [6.45, 7) is 7.87. The molecule has 0 aliphatic carbocycles.